The summed E-state index contributed by atoms with van der Waals surface area (Å²) in [4.78, 5) is 15.9. The van der Waals surface area contributed by atoms with E-state index < -0.39 is 15.8 Å². The SMILES string of the molecule is Cc1ccc(S(=O)(=O)Nc2ccccc2F)cc1C(=O)NCC(c1cccs1)N(C)C. The van der Waals surface area contributed by atoms with Crippen molar-refractivity contribution in [2.24, 2.45) is 0 Å². The molecule has 0 fully saturated rings. The quantitative estimate of drug-likeness (QED) is 0.531. The summed E-state index contributed by atoms with van der Waals surface area (Å²) in [5, 5.41) is 4.88. The van der Waals surface area contributed by atoms with Crippen molar-refractivity contribution >= 4 is 33.0 Å². The number of hydrogen-bond donors (Lipinski definition) is 2. The van der Waals surface area contributed by atoms with Crippen LogP contribution in [0.3, 0.4) is 0 Å². The van der Waals surface area contributed by atoms with Gasteiger partial charge >= 0.3 is 0 Å². The first-order valence-electron chi connectivity index (χ1n) is 9.55. The molecule has 1 atom stereocenters. The van der Waals surface area contributed by atoms with E-state index >= 15 is 0 Å². The van der Waals surface area contributed by atoms with Crippen molar-refractivity contribution in [3.63, 3.8) is 0 Å². The van der Waals surface area contributed by atoms with E-state index in [9.17, 15) is 17.6 Å². The molecule has 0 radical (unpaired) electrons. The van der Waals surface area contributed by atoms with Gasteiger partial charge in [0.15, 0.2) is 0 Å². The zero-order valence-corrected chi connectivity index (χ0v) is 19.1. The number of aryl methyl sites for hydroxylation is 1. The van der Waals surface area contributed by atoms with Crippen LogP contribution < -0.4 is 10.0 Å². The molecule has 0 bridgehead atoms. The van der Waals surface area contributed by atoms with Gasteiger partial charge in [-0.05, 0) is 62.3 Å². The second kappa shape index (κ2) is 9.59. The number of amides is 1. The molecule has 1 aromatic heterocycles. The summed E-state index contributed by atoms with van der Waals surface area (Å²) in [5.74, 6) is -1.05. The number of halogens is 1. The minimum atomic E-state index is -4.07. The molecular formula is C22H24FN3O3S2. The van der Waals surface area contributed by atoms with Gasteiger partial charge < -0.3 is 10.2 Å². The second-order valence-corrected chi connectivity index (χ2v) is 9.93. The van der Waals surface area contributed by atoms with Crippen LogP contribution in [0.1, 0.15) is 26.8 Å². The van der Waals surface area contributed by atoms with Crippen LogP contribution in [0.5, 0.6) is 0 Å². The molecule has 3 rings (SSSR count). The monoisotopic (exact) mass is 461 g/mol. The topological polar surface area (TPSA) is 78.5 Å². The number of para-hydroxylation sites is 1. The Bertz CT molecular complexity index is 1160. The van der Waals surface area contributed by atoms with Crippen LogP contribution in [0.2, 0.25) is 0 Å². The minimum absolute atomic E-state index is 0.00102. The fourth-order valence-corrected chi connectivity index (χ4v) is 5.08. The number of likely N-dealkylation sites (N-methyl/N-ethyl adjacent to an activating group) is 1. The molecule has 6 nitrogen and oxygen atoms in total. The van der Waals surface area contributed by atoms with E-state index in [1.807, 2.05) is 36.5 Å². The fourth-order valence-electron chi connectivity index (χ4n) is 3.06. The van der Waals surface area contributed by atoms with E-state index in [0.717, 1.165) is 4.88 Å². The number of nitrogens with one attached hydrogen (secondary N) is 2. The predicted molar refractivity (Wildman–Crippen MR) is 121 cm³/mol. The average Bonchev–Trinajstić information content (AvgIpc) is 3.24. The third kappa shape index (κ3) is 5.49. The van der Waals surface area contributed by atoms with Gasteiger partial charge in [-0.3, -0.25) is 9.52 Å². The molecule has 0 aliphatic carbocycles. The number of anilines is 1. The Morgan fingerprint density at radius 2 is 1.87 bits per heavy atom. The number of carbonyl (C=O) groups is 1. The van der Waals surface area contributed by atoms with E-state index in [-0.39, 0.29) is 28.1 Å². The summed E-state index contributed by atoms with van der Waals surface area (Å²) >= 11 is 1.61. The Hall–Kier alpha value is -2.75. The molecule has 0 aliphatic heterocycles. The molecule has 2 N–H and O–H groups in total. The smallest absolute Gasteiger partial charge is 0.262 e. The summed E-state index contributed by atoms with van der Waals surface area (Å²) in [6.07, 6.45) is 0. The fraction of sp³-hybridized carbons (Fsp3) is 0.227. The highest BCUT2D eigenvalue weighted by atomic mass is 32.2. The third-order valence-electron chi connectivity index (χ3n) is 4.83. The highest BCUT2D eigenvalue weighted by Crippen LogP contribution is 2.24. The first-order valence-corrected chi connectivity index (χ1v) is 11.9. The van der Waals surface area contributed by atoms with Gasteiger partial charge in [-0.25, -0.2) is 12.8 Å². The largest absolute Gasteiger partial charge is 0.350 e. The van der Waals surface area contributed by atoms with E-state index in [0.29, 0.717) is 12.1 Å². The molecular weight excluding hydrogens is 437 g/mol. The third-order valence-corrected chi connectivity index (χ3v) is 7.17. The number of thiophene rings is 1. The van der Waals surface area contributed by atoms with Crippen LogP contribution in [0.25, 0.3) is 0 Å². The molecule has 0 saturated carbocycles. The predicted octanol–water partition coefficient (Wildman–Crippen LogP) is 4.03. The van der Waals surface area contributed by atoms with Crippen molar-refractivity contribution in [3.05, 3.63) is 81.8 Å². The van der Waals surface area contributed by atoms with Crippen LogP contribution in [0.4, 0.5) is 10.1 Å². The van der Waals surface area contributed by atoms with Crippen molar-refractivity contribution in [1.29, 1.82) is 0 Å². The Kier molecular flexibility index (Phi) is 7.09. The molecule has 31 heavy (non-hydrogen) atoms. The van der Waals surface area contributed by atoms with E-state index in [2.05, 4.69) is 10.0 Å². The Labute approximate surface area is 185 Å². The molecule has 0 spiro atoms. The Morgan fingerprint density at radius 1 is 1.13 bits per heavy atom. The van der Waals surface area contributed by atoms with Crippen LogP contribution in [-0.2, 0) is 10.0 Å². The molecule has 1 unspecified atom stereocenters. The lowest BCUT2D eigenvalue weighted by molar-refractivity contribution is 0.0941. The highest BCUT2D eigenvalue weighted by molar-refractivity contribution is 7.92. The van der Waals surface area contributed by atoms with Crippen LogP contribution in [-0.4, -0.2) is 39.9 Å². The molecule has 1 heterocycles. The van der Waals surface area contributed by atoms with E-state index in [1.165, 1.54) is 36.4 Å². The molecule has 0 saturated heterocycles. The van der Waals surface area contributed by atoms with Crippen LogP contribution in [0.15, 0.2) is 64.9 Å². The molecule has 1 amide bonds. The molecule has 9 heteroatoms. The molecule has 2 aromatic carbocycles. The van der Waals surface area contributed by atoms with Gasteiger partial charge in [-0.2, -0.15) is 0 Å². The summed E-state index contributed by atoms with van der Waals surface area (Å²) in [5.41, 5.74) is 0.735. The van der Waals surface area contributed by atoms with Gasteiger partial charge in [0.2, 0.25) is 0 Å². The Morgan fingerprint density at radius 3 is 2.52 bits per heavy atom. The van der Waals surface area contributed by atoms with E-state index in [1.54, 1.807) is 24.3 Å². The molecule has 0 aliphatic rings. The van der Waals surface area contributed by atoms with Gasteiger partial charge in [0, 0.05) is 17.0 Å². The average molecular weight is 462 g/mol. The van der Waals surface area contributed by atoms with Crippen molar-refractivity contribution in [2.75, 3.05) is 25.4 Å². The lowest BCUT2D eigenvalue weighted by Crippen LogP contribution is -2.34. The second-order valence-electron chi connectivity index (χ2n) is 7.27. The first-order chi connectivity index (χ1) is 14.7. The number of nitrogens with zero attached hydrogens (tertiary/aromatic N) is 1. The first kappa shape index (κ1) is 22.9. The van der Waals surface area contributed by atoms with Crippen molar-refractivity contribution in [3.8, 4) is 0 Å². The summed E-state index contributed by atoms with van der Waals surface area (Å²) in [6.45, 7) is 2.11. The Balaban J connectivity index is 1.80. The number of benzene rings is 2. The maximum absolute atomic E-state index is 13.9. The van der Waals surface area contributed by atoms with Crippen molar-refractivity contribution in [1.82, 2.24) is 10.2 Å². The number of carbonyl (C=O) groups excluding carboxylic acids is 1. The summed E-state index contributed by atoms with van der Waals surface area (Å²) in [6, 6.07) is 13.7. The standard InChI is InChI=1S/C22H24FN3O3S2/c1-15-10-11-16(31(28,29)25-19-8-5-4-7-18(19)23)13-17(15)22(27)24-14-20(26(2)3)21-9-6-12-30-21/h4-13,20,25H,14H2,1-3H3,(H,24,27). The molecule has 3 aromatic rings. The van der Waals surface area contributed by atoms with Crippen LogP contribution >= 0.6 is 11.3 Å². The minimum Gasteiger partial charge on any atom is -0.350 e. The molecule has 164 valence electrons. The van der Waals surface area contributed by atoms with Gasteiger partial charge in [-0.1, -0.05) is 24.3 Å². The normalized spacial score (nSPS) is 12.5. The zero-order valence-electron chi connectivity index (χ0n) is 17.4. The number of rotatable bonds is 8. The zero-order chi connectivity index (χ0) is 22.6. The summed E-state index contributed by atoms with van der Waals surface area (Å²) in [7, 11) is -0.198. The van der Waals surface area contributed by atoms with Gasteiger partial charge in [-0.15, -0.1) is 11.3 Å². The lowest BCUT2D eigenvalue weighted by atomic mass is 10.1. The van der Waals surface area contributed by atoms with Crippen LogP contribution in [0, 0.1) is 12.7 Å². The van der Waals surface area contributed by atoms with Crippen molar-refractivity contribution in [2.45, 2.75) is 17.9 Å². The van der Waals surface area contributed by atoms with Gasteiger partial charge in [0.1, 0.15) is 5.82 Å². The van der Waals surface area contributed by atoms with E-state index in [4.69, 9.17) is 0 Å². The summed E-state index contributed by atoms with van der Waals surface area (Å²) < 4.78 is 41.6. The number of sulfonamides is 1. The van der Waals surface area contributed by atoms with Gasteiger partial charge in [0.05, 0.1) is 16.6 Å². The maximum atomic E-state index is 13.9. The number of hydrogen-bond acceptors (Lipinski definition) is 5. The van der Waals surface area contributed by atoms with Crippen molar-refractivity contribution < 1.29 is 17.6 Å². The van der Waals surface area contributed by atoms with Gasteiger partial charge in [0.25, 0.3) is 15.9 Å². The maximum Gasteiger partial charge on any atom is 0.262 e. The lowest BCUT2D eigenvalue weighted by Gasteiger charge is -2.23. The highest BCUT2D eigenvalue weighted by Gasteiger charge is 2.21.